The molecule has 2 rings (SSSR count). The normalized spacial score (nSPS) is 15.8. The molecule has 1 aromatic rings. The van der Waals surface area contributed by atoms with Gasteiger partial charge in [-0.1, -0.05) is 24.6 Å². The van der Waals surface area contributed by atoms with E-state index in [1.165, 1.54) is 0 Å². The topological polar surface area (TPSA) is 52.6 Å². The number of carbonyl (C=O) groups is 2. The average Bonchev–Trinajstić information content (AvgIpc) is 2.52. The van der Waals surface area contributed by atoms with Crippen molar-refractivity contribution in [2.45, 2.75) is 6.92 Å². The van der Waals surface area contributed by atoms with E-state index in [1.54, 1.807) is 29.2 Å². The second kappa shape index (κ2) is 7.43. The Hall–Kier alpha value is -1.59. The van der Waals surface area contributed by atoms with Gasteiger partial charge in [-0.25, -0.2) is 0 Å². The quantitative estimate of drug-likeness (QED) is 0.910. The summed E-state index contributed by atoms with van der Waals surface area (Å²) in [6, 6.07) is 6.67. The zero-order valence-corrected chi connectivity index (χ0v) is 12.9. The number of likely N-dealkylation sites (N-methyl/N-ethyl adjacent to an activating group) is 1. The first kappa shape index (κ1) is 15.8. The predicted molar refractivity (Wildman–Crippen MR) is 82.5 cm³/mol. The lowest BCUT2D eigenvalue weighted by atomic mass is 10.2. The largest absolute Gasteiger partial charge is 0.343 e. The number of benzene rings is 1. The molecule has 1 aliphatic rings. The summed E-state index contributed by atoms with van der Waals surface area (Å²) >= 11 is 5.84. The van der Waals surface area contributed by atoms with E-state index < -0.39 is 0 Å². The van der Waals surface area contributed by atoms with Gasteiger partial charge in [0.1, 0.15) is 0 Å². The second-order valence-electron chi connectivity index (χ2n) is 5.01. The standard InChI is InChI=1S/C15H20ClN3O2/c1-2-18-6-8-19(9-7-18)14(20)11-17-15(21)12-4-3-5-13(16)10-12/h3-5,10H,2,6-9,11H2,1H3,(H,17,21). The lowest BCUT2D eigenvalue weighted by Crippen LogP contribution is -2.51. The van der Waals surface area contributed by atoms with Gasteiger partial charge < -0.3 is 15.1 Å². The van der Waals surface area contributed by atoms with Crippen LogP contribution in [0.4, 0.5) is 0 Å². The fraction of sp³-hybridized carbons (Fsp3) is 0.467. The molecule has 1 fully saturated rings. The molecular weight excluding hydrogens is 290 g/mol. The van der Waals surface area contributed by atoms with Crippen molar-refractivity contribution < 1.29 is 9.59 Å². The maximum atomic E-state index is 12.1. The lowest BCUT2D eigenvalue weighted by molar-refractivity contribution is -0.131. The van der Waals surface area contributed by atoms with Gasteiger partial charge in [-0.2, -0.15) is 0 Å². The monoisotopic (exact) mass is 309 g/mol. The maximum absolute atomic E-state index is 12.1. The molecule has 5 nitrogen and oxygen atoms in total. The summed E-state index contributed by atoms with van der Waals surface area (Å²) in [6.07, 6.45) is 0. The van der Waals surface area contributed by atoms with Crippen molar-refractivity contribution in [3.63, 3.8) is 0 Å². The summed E-state index contributed by atoms with van der Waals surface area (Å²) in [6.45, 7) is 6.38. The predicted octanol–water partition coefficient (Wildman–Crippen LogP) is 1.23. The minimum atomic E-state index is -0.280. The summed E-state index contributed by atoms with van der Waals surface area (Å²) < 4.78 is 0. The van der Waals surface area contributed by atoms with E-state index in [0.717, 1.165) is 32.7 Å². The Balaban J connectivity index is 1.80. The number of rotatable bonds is 4. The van der Waals surface area contributed by atoms with Crippen molar-refractivity contribution in [1.29, 1.82) is 0 Å². The molecular formula is C15H20ClN3O2. The summed E-state index contributed by atoms with van der Waals surface area (Å²) in [4.78, 5) is 28.1. The minimum absolute atomic E-state index is 0.0253. The van der Waals surface area contributed by atoms with Crippen LogP contribution in [0.5, 0.6) is 0 Å². The van der Waals surface area contributed by atoms with Crippen molar-refractivity contribution in [3.8, 4) is 0 Å². The molecule has 1 N–H and O–H groups in total. The molecule has 0 radical (unpaired) electrons. The first-order chi connectivity index (χ1) is 10.1. The van der Waals surface area contributed by atoms with Gasteiger partial charge in [0.15, 0.2) is 0 Å². The van der Waals surface area contributed by atoms with Crippen LogP contribution in [0.25, 0.3) is 0 Å². The highest BCUT2D eigenvalue weighted by Gasteiger charge is 2.20. The number of piperazine rings is 1. The Labute approximate surface area is 129 Å². The zero-order chi connectivity index (χ0) is 15.2. The van der Waals surface area contributed by atoms with E-state index in [4.69, 9.17) is 11.6 Å². The SMILES string of the molecule is CCN1CCN(C(=O)CNC(=O)c2cccc(Cl)c2)CC1. The van der Waals surface area contributed by atoms with Crippen molar-refractivity contribution >= 4 is 23.4 Å². The number of nitrogens with one attached hydrogen (secondary N) is 1. The fourth-order valence-corrected chi connectivity index (χ4v) is 2.50. The van der Waals surface area contributed by atoms with E-state index in [2.05, 4.69) is 17.1 Å². The van der Waals surface area contributed by atoms with Crippen LogP contribution >= 0.6 is 11.6 Å². The molecule has 1 saturated heterocycles. The Morgan fingerprint density at radius 1 is 1.24 bits per heavy atom. The third-order valence-corrected chi connectivity index (χ3v) is 3.89. The summed E-state index contributed by atoms with van der Waals surface area (Å²) in [5.41, 5.74) is 0.464. The van der Waals surface area contributed by atoms with Crippen molar-refractivity contribution in [1.82, 2.24) is 15.1 Å². The van der Waals surface area contributed by atoms with Gasteiger partial charge in [0, 0.05) is 36.8 Å². The van der Waals surface area contributed by atoms with Crippen LogP contribution in [0, 0.1) is 0 Å². The van der Waals surface area contributed by atoms with Gasteiger partial charge in [-0.15, -0.1) is 0 Å². The molecule has 21 heavy (non-hydrogen) atoms. The maximum Gasteiger partial charge on any atom is 0.251 e. The van der Waals surface area contributed by atoms with Crippen LogP contribution in [0.2, 0.25) is 5.02 Å². The van der Waals surface area contributed by atoms with Gasteiger partial charge in [-0.3, -0.25) is 9.59 Å². The Morgan fingerprint density at radius 3 is 2.57 bits per heavy atom. The van der Waals surface area contributed by atoms with Crippen LogP contribution in [-0.2, 0) is 4.79 Å². The molecule has 1 aromatic carbocycles. The number of carbonyl (C=O) groups excluding carboxylic acids is 2. The highest BCUT2D eigenvalue weighted by atomic mass is 35.5. The van der Waals surface area contributed by atoms with Gasteiger partial charge in [0.05, 0.1) is 6.54 Å². The Kier molecular flexibility index (Phi) is 5.59. The van der Waals surface area contributed by atoms with E-state index in [-0.39, 0.29) is 18.4 Å². The number of amides is 2. The highest BCUT2D eigenvalue weighted by Crippen LogP contribution is 2.10. The van der Waals surface area contributed by atoms with Crippen LogP contribution < -0.4 is 5.32 Å². The minimum Gasteiger partial charge on any atom is -0.343 e. The first-order valence-electron chi connectivity index (χ1n) is 7.14. The summed E-state index contributed by atoms with van der Waals surface area (Å²) in [5.74, 6) is -0.320. The molecule has 0 atom stereocenters. The Bertz CT molecular complexity index is 513. The van der Waals surface area contributed by atoms with Crippen molar-refractivity contribution in [2.24, 2.45) is 0 Å². The zero-order valence-electron chi connectivity index (χ0n) is 12.1. The first-order valence-corrected chi connectivity index (χ1v) is 7.52. The molecule has 0 aliphatic carbocycles. The number of halogens is 1. The smallest absolute Gasteiger partial charge is 0.251 e. The van der Waals surface area contributed by atoms with Gasteiger partial charge in [-0.05, 0) is 24.7 Å². The fourth-order valence-electron chi connectivity index (χ4n) is 2.31. The molecule has 0 spiro atoms. The van der Waals surface area contributed by atoms with Gasteiger partial charge in [0.25, 0.3) is 5.91 Å². The highest BCUT2D eigenvalue weighted by molar-refractivity contribution is 6.30. The van der Waals surface area contributed by atoms with Crippen molar-refractivity contribution in [2.75, 3.05) is 39.3 Å². The van der Waals surface area contributed by atoms with Crippen LogP contribution in [0.3, 0.4) is 0 Å². The molecule has 0 unspecified atom stereocenters. The molecule has 0 bridgehead atoms. The summed E-state index contributed by atoms with van der Waals surface area (Å²) in [5, 5.41) is 3.15. The average molecular weight is 310 g/mol. The molecule has 2 amide bonds. The molecule has 6 heteroatoms. The van der Waals surface area contributed by atoms with E-state index in [1.807, 2.05) is 0 Å². The lowest BCUT2D eigenvalue weighted by Gasteiger charge is -2.34. The Morgan fingerprint density at radius 2 is 1.95 bits per heavy atom. The third kappa shape index (κ3) is 4.44. The third-order valence-electron chi connectivity index (χ3n) is 3.66. The molecule has 114 valence electrons. The molecule has 1 aliphatic heterocycles. The van der Waals surface area contributed by atoms with E-state index >= 15 is 0 Å². The van der Waals surface area contributed by atoms with Crippen molar-refractivity contribution in [3.05, 3.63) is 34.9 Å². The van der Waals surface area contributed by atoms with E-state index in [0.29, 0.717) is 10.6 Å². The van der Waals surface area contributed by atoms with E-state index in [9.17, 15) is 9.59 Å². The number of hydrogen-bond donors (Lipinski definition) is 1. The van der Waals surface area contributed by atoms with Crippen LogP contribution in [-0.4, -0.2) is 60.9 Å². The second-order valence-corrected chi connectivity index (χ2v) is 5.44. The summed E-state index contributed by atoms with van der Waals surface area (Å²) in [7, 11) is 0. The number of hydrogen-bond acceptors (Lipinski definition) is 3. The van der Waals surface area contributed by atoms with Crippen LogP contribution in [0.15, 0.2) is 24.3 Å². The van der Waals surface area contributed by atoms with Crippen LogP contribution in [0.1, 0.15) is 17.3 Å². The van der Waals surface area contributed by atoms with Gasteiger partial charge >= 0.3 is 0 Å². The van der Waals surface area contributed by atoms with Gasteiger partial charge in [0.2, 0.25) is 5.91 Å². The molecule has 0 saturated carbocycles. The molecule has 1 heterocycles. The molecule has 0 aromatic heterocycles. The number of nitrogens with zero attached hydrogens (tertiary/aromatic N) is 2.